The molecule has 0 bridgehead atoms. The second kappa shape index (κ2) is 4.42. The Morgan fingerprint density at radius 2 is 2.36 bits per heavy atom. The zero-order chi connectivity index (χ0) is 10.6. The van der Waals surface area contributed by atoms with Crippen LogP contribution in [0.25, 0.3) is 0 Å². The van der Waals surface area contributed by atoms with Gasteiger partial charge in [0.1, 0.15) is 6.07 Å². The maximum atomic E-state index is 11.2. The van der Waals surface area contributed by atoms with Crippen molar-refractivity contribution in [1.29, 1.82) is 5.26 Å². The van der Waals surface area contributed by atoms with Gasteiger partial charge in [-0.2, -0.15) is 5.26 Å². The van der Waals surface area contributed by atoms with Gasteiger partial charge in [0.2, 0.25) is 5.76 Å². The van der Waals surface area contributed by atoms with Gasteiger partial charge in [-0.15, -0.1) is 0 Å². The number of carbonyl (C=O) groups excluding carboxylic acids is 1. The quantitative estimate of drug-likeness (QED) is 0.677. The van der Waals surface area contributed by atoms with Crippen LogP contribution >= 0.6 is 0 Å². The number of rotatable bonds is 3. The molecule has 0 aliphatic heterocycles. The molecular weight excluding hydrogens is 184 g/mol. The second-order valence-electron chi connectivity index (χ2n) is 2.47. The Morgan fingerprint density at radius 1 is 1.64 bits per heavy atom. The van der Waals surface area contributed by atoms with Crippen molar-refractivity contribution in [2.75, 3.05) is 6.61 Å². The molecule has 0 atom stereocenters. The lowest BCUT2D eigenvalue weighted by atomic mass is 10.4. The van der Waals surface area contributed by atoms with Crippen LogP contribution in [0.15, 0.2) is 4.42 Å². The van der Waals surface area contributed by atoms with Crippen molar-refractivity contribution in [2.24, 2.45) is 0 Å². The van der Waals surface area contributed by atoms with Crippen LogP contribution in [0.4, 0.5) is 0 Å². The van der Waals surface area contributed by atoms with Crippen molar-refractivity contribution >= 4 is 5.97 Å². The number of esters is 1. The van der Waals surface area contributed by atoms with Crippen LogP contribution < -0.4 is 0 Å². The fourth-order valence-corrected chi connectivity index (χ4v) is 0.926. The molecule has 0 N–H and O–H groups in total. The van der Waals surface area contributed by atoms with E-state index in [4.69, 9.17) is 14.4 Å². The average Bonchev–Trinajstić information content (AvgIpc) is 2.61. The average molecular weight is 194 g/mol. The third-order valence-electron chi connectivity index (χ3n) is 1.54. The van der Waals surface area contributed by atoms with E-state index < -0.39 is 5.97 Å². The SMILES string of the molecule is CCOC(=O)c1oc(CC)nc1C#N. The molecule has 5 heteroatoms. The first-order valence-electron chi connectivity index (χ1n) is 4.29. The number of carbonyl (C=O) groups is 1. The number of aryl methyl sites for hydroxylation is 1. The van der Waals surface area contributed by atoms with Crippen molar-refractivity contribution in [3.05, 3.63) is 17.3 Å². The first-order valence-corrected chi connectivity index (χ1v) is 4.29. The molecule has 0 aromatic carbocycles. The summed E-state index contributed by atoms with van der Waals surface area (Å²) < 4.78 is 9.77. The number of oxazole rings is 1. The molecule has 74 valence electrons. The Morgan fingerprint density at radius 3 is 2.86 bits per heavy atom. The van der Waals surface area contributed by atoms with E-state index in [1.54, 1.807) is 13.0 Å². The Balaban J connectivity index is 3.01. The Labute approximate surface area is 81.3 Å². The van der Waals surface area contributed by atoms with Crippen LogP contribution in [-0.2, 0) is 11.2 Å². The van der Waals surface area contributed by atoms with Crippen LogP contribution in [0.2, 0.25) is 0 Å². The van der Waals surface area contributed by atoms with Crippen LogP contribution in [0, 0.1) is 11.3 Å². The van der Waals surface area contributed by atoms with Crippen molar-refractivity contribution in [2.45, 2.75) is 20.3 Å². The molecule has 0 fully saturated rings. The number of aromatic nitrogens is 1. The number of hydrogen-bond donors (Lipinski definition) is 0. The molecule has 0 saturated carbocycles. The predicted molar refractivity (Wildman–Crippen MR) is 46.6 cm³/mol. The first-order chi connectivity index (χ1) is 6.72. The summed E-state index contributed by atoms with van der Waals surface area (Å²) in [4.78, 5) is 15.1. The van der Waals surface area contributed by atoms with E-state index in [1.165, 1.54) is 0 Å². The summed E-state index contributed by atoms with van der Waals surface area (Å²) in [5.74, 6) is -0.382. The van der Waals surface area contributed by atoms with Gasteiger partial charge in [0, 0.05) is 6.42 Å². The maximum Gasteiger partial charge on any atom is 0.377 e. The van der Waals surface area contributed by atoms with Crippen molar-refractivity contribution in [3.8, 4) is 6.07 Å². The molecule has 0 saturated heterocycles. The van der Waals surface area contributed by atoms with Gasteiger partial charge in [-0.25, -0.2) is 9.78 Å². The number of nitrogens with zero attached hydrogens (tertiary/aromatic N) is 2. The third-order valence-corrected chi connectivity index (χ3v) is 1.54. The van der Waals surface area contributed by atoms with Gasteiger partial charge in [0.25, 0.3) is 0 Å². The van der Waals surface area contributed by atoms with E-state index in [-0.39, 0.29) is 18.1 Å². The third kappa shape index (κ3) is 1.91. The van der Waals surface area contributed by atoms with Gasteiger partial charge < -0.3 is 9.15 Å². The molecule has 0 aliphatic carbocycles. The van der Waals surface area contributed by atoms with Crippen molar-refractivity contribution in [1.82, 2.24) is 4.98 Å². The van der Waals surface area contributed by atoms with E-state index in [9.17, 15) is 4.79 Å². The highest BCUT2D eigenvalue weighted by Crippen LogP contribution is 2.12. The van der Waals surface area contributed by atoms with Gasteiger partial charge in [-0.1, -0.05) is 6.92 Å². The number of hydrogen-bond acceptors (Lipinski definition) is 5. The molecule has 1 aromatic heterocycles. The standard InChI is InChI=1S/C9H10N2O3/c1-3-7-11-6(5-10)8(14-7)9(12)13-4-2/h3-4H2,1-2H3. The summed E-state index contributed by atoms with van der Waals surface area (Å²) in [6.07, 6.45) is 0.536. The van der Waals surface area contributed by atoms with E-state index in [2.05, 4.69) is 4.98 Å². The minimum Gasteiger partial charge on any atom is -0.460 e. The Kier molecular flexibility index (Phi) is 3.24. The summed E-state index contributed by atoms with van der Waals surface area (Å²) in [7, 11) is 0. The molecule has 1 rings (SSSR count). The lowest BCUT2D eigenvalue weighted by molar-refractivity contribution is 0.0487. The van der Waals surface area contributed by atoms with E-state index in [1.807, 2.05) is 6.92 Å². The highest BCUT2D eigenvalue weighted by molar-refractivity contribution is 5.88. The maximum absolute atomic E-state index is 11.2. The molecule has 14 heavy (non-hydrogen) atoms. The van der Waals surface area contributed by atoms with Gasteiger partial charge >= 0.3 is 5.97 Å². The summed E-state index contributed by atoms with van der Waals surface area (Å²) >= 11 is 0. The fourth-order valence-electron chi connectivity index (χ4n) is 0.926. The molecular formula is C9H10N2O3. The normalized spacial score (nSPS) is 9.50. The van der Waals surface area contributed by atoms with Crippen LogP contribution in [0.3, 0.4) is 0 Å². The van der Waals surface area contributed by atoms with Crippen LogP contribution in [0.1, 0.15) is 36.0 Å². The number of ether oxygens (including phenoxy) is 1. The van der Waals surface area contributed by atoms with Crippen LogP contribution in [-0.4, -0.2) is 17.6 Å². The lowest BCUT2D eigenvalue weighted by Gasteiger charge is -1.96. The van der Waals surface area contributed by atoms with E-state index >= 15 is 0 Å². The smallest absolute Gasteiger partial charge is 0.377 e. The lowest BCUT2D eigenvalue weighted by Crippen LogP contribution is -2.05. The highest BCUT2D eigenvalue weighted by Gasteiger charge is 2.20. The zero-order valence-corrected chi connectivity index (χ0v) is 8.03. The second-order valence-corrected chi connectivity index (χ2v) is 2.47. The van der Waals surface area contributed by atoms with Crippen LogP contribution in [0.5, 0.6) is 0 Å². The number of nitriles is 1. The summed E-state index contributed by atoms with van der Waals surface area (Å²) in [5.41, 5.74) is -0.0136. The van der Waals surface area contributed by atoms with Gasteiger partial charge in [0.05, 0.1) is 6.61 Å². The highest BCUT2D eigenvalue weighted by atomic mass is 16.5. The summed E-state index contributed by atoms with van der Waals surface area (Å²) in [6.45, 7) is 3.74. The first kappa shape index (κ1) is 10.3. The molecule has 0 aliphatic rings. The molecule has 5 nitrogen and oxygen atoms in total. The van der Waals surface area contributed by atoms with E-state index in [0.29, 0.717) is 12.3 Å². The van der Waals surface area contributed by atoms with Gasteiger partial charge in [-0.3, -0.25) is 0 Å². The van der Waals surface area contributed by atoms with E-state index in [0.717, 1.165) is 0 Å². The molecule has 0 amide bonds. The predicted octanol–water partition coefficient (Wildman–Crippen LogP) is 1.29. The zero-order valence-electron chi connectivity index (χ0n) is 8.03. The molecule has 0 radical (unpaired) electrons. The fraction of sp³-hybridized carbons (Fsp3) is 0.444. The topological polar surface area (TPSA) is 76.1 Å². The molecule has 1 aromatic rings. The Hall–Kier alpha value is -1.83. The molecule has 1 heterocycles. The minimum absolute atomic E-state index is 0.0136. The Bertz CT molecular complexity index is 376. The van der Waals surface area contributed by atoms with Crippen molar-refractivity contribution < 1.29 is 13.9 Å². The minimum atomic E-state index is -0.642. The monoisotopic (exact) mass is 194 g/mol. The van der Waals surface area contributed by atoms with Crippen molar-refractivity contribution in [3.63, 3.8) is 0 Å². The largest absolute Gasteiger partial charge is 0.460 e. The van der Waals surface area contributed by atoms with Gasteiger partial charge in [-0.05, 0) is 6.92 Å². The van der Waals surface area contributed by atoms with Gasteiger partial charge in [0.15, 0.2) is 11.6 Å². The molecule has 0 spiro atoms. The summed E-state index contributed by atoms with van der Waals surface area (Å²) in [6, 6.07) is 1.78. The molecule has 0 unspecified atom stereocenters. The summed E-state index contributed by atoms with van der Waals surface area (Å²) in [5, 5.41) is 8.66.